The van der Waals surface area contributed by atoms with E-state index in [9.17, 15) is 14.4 Å². The van der Waals surface area contributed by atoms with Gasteiger partial charge in [0.2, 0.25) is 11.8 Å². The third kappa shape index (κ3) is 4.32. The summed E-state index contributed by atoms with van der Waals surface area (Å²) in [5.41, 5.74) is 1.58. The van der Waals surface area contributed by atoms with E-state index >= 15 is 0 Å². The molecule has 0 saturated heterocycles. The van der Waals surface area contributed by atoms with Crippen LogP contribution >= 0.6 is 0 Å². The van der Waals surface area contributed by atoms with Gasteiger partial charge < -0.3 is 15.6 Å². The summed E-state index contributed by atoms with van der Waals surface area (Å²) in [6.45, 7) is 1.42. The van der Waals surface area contributed by atoms with E-state index < -0.39 is 0 Å². The minimum atomic E-state index is -0.214. The van der Waals surface area contributed by atoms with Crippen LogP contribution in [-0.2, 0) is 16.0 Å². The van der Waals surface area contributed by atoms with Crippen LogP contribution in [0, 0.1) is 0 Å². The Kier molecular flexibility index (Phi) is 5.07. The summed E-state index contributed by atoms with van der Waals surface area (Å²) in [4.78, 5) is 42.4. The summed E-state index contributed by atoms with van der Waals surface area (Å²) in [7, 11) is 0. The molecule has 0 aliphatic heterocycles. The highest BCUT2D eigenvalue weighted by Gasteiger charge is 2.08. The molecule has 3 aromatic rings. The van der Waals surface area contributed by atoms with Gasteiger partial charge in [-0.2, -0.15) is 0 Å². The Bertz CT molecular complexity index is 1030. The largest absolute Gasteiger partial charge is 0.326 e. The lowest BCUT2D eigenvalue weighted by molar-refractivity contribution is -0.116. The molecule has 0 aliphatic rings. The first-order chi connectivity index (χ1) is 12.5. The lowest BCUT2D eigenvalue weighted by Crippen LogP contribution is -2.16. The molecule has 2 amide bonds. The van der Waals surface area contributed by atoms with E-state index in [2.05, 4.69) is 20.6 Å². The van der Waals surface area contributed by atoms with Crippen LogP contribution in [0.5, 0.6) is 0 Å². The van der Waals surface area contributed by atoms with Gasteiger partial charge >= 0.3 is 0 Å². The van der Waals surface area contributed by atoms with Gasteiger partial charge in [-0.15, -0.1) is 0 Å². The van der Waals surface area contributed by atoms with E-state index in [0.29, 0.717) is 34.5 Å². The van der Waals surface area contributed by atoms with E-state index in [-0.39, 0.29) is 23.8 Å². The second-order valence-corrected chi connectivity index (χ2v) is 5.84. The number of carbonyl (C=O) groups excluding carboxylic acids is 2. The van der Waals surface area contributed by atoms with Crippen molar-refractivity contribution in [1.82, 2.24) is 9.97 Å². The maximum atomic E-state index is 12.1. The second kappa shape index (κ2) is 7.60. The minimum Gasteiger partial charge on any atom is -0.326 e. The second-order valence-electron chi connectivity index (χ2n) is 5.84. The fraction of sp³-hybridized carbons (Fsp3) is 0.158. The van der Waals surface area contributed by atoms with Crippen LogP contribution in [0.4, 0.5) is 11.4 Å². The first kappa shape index (κ1) is 17.3. The molecule has 26 heavy (non-hydrogen) atoms. The molecule has 0 radical (unpaired) electrons. The van der Waals surface area contributed by atoms with Gasteiger partial charge in [-0.25, -0.2) is 4.98 Å². The predicted octanol–water partition coefficient (Wildman–Crippen LogP) is 2.45. The number of aryl methyl sites for hydroxylation is 1. The van der Waals surface area contributed by atoms with Crippen molar-refractivity contribution in [3.05, 3.63) is 64.7 Å². The number of fused-ring (bicyclic) bond motifs is 1. The minimum absolute atomic E-state index is 0.172. The topological polar surface area (TPSA) is 104 Å². The molecule has 0 aliphatic carbocycles. The molecule has 1 aromatic heterocycles. The van der Waals surface area contributed by atoms with Crippen molar-refractivity contribution in [2.75, 3.05) is 10.6 Å². The molecule has 7 heteroatoms. The lowest BCUT2D eigenvalue weighted by atomic mass is 10.2. The highest BCUT2D eigenvalue weighted by atomic mass is 16.2. The maximum Gasteiger partial charge on any atom is 0.258 e. The molecular weight excluding hydrogens is 332 g/mol. The monoisotopic (exact) mass is 350 g/mol. The number of aromatic nitrogens is 2. The Morgan fingerprint density at radius 2 is 1.77 bits per heavy atom. The molecular formula is C19H18N4O3. The van der Waals surface area contributed by atoms with Crippen molar-refractivity contribution in [1.29, 1.82) is 0 Å². The molecule has 7 nitrogen and oxygen atoms in total. The Labute approximate surface area is 149 Å². The van der Waals surface area contributed by atoms with Crippen molar-refractivity contribution in [2.45, 2.75) is 19.8 Å². The van der Waals surface area contributed by atoms with Crippen LogP contribution in [0.1, 0.15) is 19.2 Å². The number of nitrogens with one attached hydrogen (secondary N) is 3. The molecule has 0 unspecified atom stereocenters. The Balaban J connectivity index is 1.64. The van der Waals surface area contributed by atoms with Crippen LogP contribution in [0.25, 0.3) is 10.9 Å². The first-order valence-corrected chi connectivity index (χ1v) is 8.17. The van der Waals surface area contributed by atoms with Crippen molar-refractivity contribution in [3.8, 4) is 0 Å². The van der Waals surface area contributed by atoms with Gasteiger partial charge in [0.15, 0.2) is 0 Å². The quantitative estimate of drug-likeness (QED) is 0.657. The van der Waals surface area contributed by atoms with Crippen molar-refractivity contribution >= 4 is 34.1 Å². The van der Waals surface area contributed by atoms with Crippen LogP contribution in [0.15, 0.2) is 53.3 Å². The molecule has 0 bridgehead atoms. The van der Waals surface area contributed by atoms with Gasteiger partial charge in [0.05, 0.1) is 10.9 Å². The third-order valence-electron chi connectivity index (χ3n) is 3.72. The summed E-state index contributed by atoms with van der Waals surface area (Å²) in [5.74, 6) is 0.0800. The highest BCUT2D eigenvalue weighted by Crippen LogP contribution is 2.15. The fourth-order valence-electron chi connectivity index (χ4n) is 2.59. The van der Waals surface area contributed by atoms with Crippen molar-refractivity contribution in [2.24, 2.45) is 0 Å². The number of nitrogens with zero attached hydrogens (tertiary/aromatic N) is 1. The summed E-state index contributed by atoms with van der Waals surface area (Å²) in [6, 6.07) is 14.0. The SMILES string of the molecule is CC(=O)Nc1cccc(NC(=O)CCc2nc3ccccc3c(=O)[nH]2)c1. The summed E-state index contributed by atoms with van der Waals surface area (Å²) >= 11 is 0. The Morgan fingerprint density at radius 1 is 1.04 bits per heavy atom. The number of hydrogen-bond acceptors (Lipinski definition) is 4. The molecule has 3 N–H and O–H groups in total. The Hall–Kier alpha value is -3.48. The molecule has 0 fully saturated rings. The third-order valence-corrected chi connectivity index (χ3v) is 3.72. The number of carbonyl (C=O) groups is 2. The van der Waals surface area contributed by atoms with E-state index in [1.165, 1.54) is 6.92 Å². The highest BCUT2D eigenvalue weighted by molar-refractivity contribution is 5.93. The van der Waals surface area contributed by atoms with Gasteiger partial charge in [-0.1, -0.05) is 18.2 Å². The van der Waals surface area contributed by atoms with E-state index in [4.69, 9.17) is 0 Å². The predicted molar refractivity (Wildman–Crippen MR) is 100 cm³/mol. The van der Waals surface area contributed by atoms with E-state index in [1.54, 1.807) is 42.5 Å². The van der Waals surface area contributed by atoms with Gasteiger partial charge in [0.25, 0.3) is 5.56 Å². The first-order valence-electron chi connectivity index (χ1n) is 8.17. The number of benzene rings is 2. The zero-order chi connectivity index (χ0) is 18.5. The fourth-order valence-corrected chi connectivity index (χ4v) is 2.59. The van der Waals surface area contributed by atoms with Crippen LogP contribution in [0.3, 0.4) is 0 Å². The van der Waals surface area contributed by atoms with E-state index in [1.807, 2.05) is 6.07 Å². The van der Waals surface area contributed by atoms with Gasteiger partial charge in [-0.3, -0.25) is 14.4 Å². The van der Waals surface area contributed by atoms with Crippen LogP contribution in [-0.4, -0.2) is 21.8 Å². The molecule has 0 saturated carbocycles. The number of amides is 2. The van der Waals surface area contributed by atoms with Crippen molar-refractivity contribution < 1.29 is 9.59 Å². The van der Waals surface area contributed by atoms with Crippen molar-refractivity contribution in [3.63, 3.8) is 0 Å². The average Bonchev–Trinajstić information content (AvgIpc) is 2.60. The number of aromatic amines is 1. The summed E-state index contributed by atoms with van der Waals surface area (Å²) < 4.78 is 0. The molecule has 0 atom stereocenters. The van der Waals surface area contributed by atoms with E-state index in [0.717, 1.165) is 0 Å². The van der Waals surface area contributed by atoms with Gasteiger partial charge in [0, 0.05) is 31.1 Å². The van der Waals surface area contributed by atoms with Gasteiger partial charge in [0.1, 0.15) is 5.82 Å². The van der Waals surface area contributed by atoms with Gasteiger partial charge in [-0.05, 0) is 30.3 Å². The summed E-state index contributed by atoms with van der Waals surface area (Å²) in [5, 5.41) is 5.95. The zero-order valence-electron chi connectivity index (χ0n) is 14.2. The smallest absolute Gasteiger partial charge is 0.258 e. The van der Waals surface area contributed by atoms with Crippen LogP contribution in [0.2, 0.25) is 0 Å². The average molecular weight is 350 g/mol. The number of hydrogen-bond donors (Lipinski definition) is 3. The normalized spacial score (nSPS) is 10.5. The standard InChI is InChI=1S/C19H18N4O3/c1-12(24)20-13-5-4-6-14(11-13)21-18(25)10-9-17-22-16-8-3-2-7-15(16)19(26)23-17/h2-8,11H,9-10H2,1H3,(H,20,24)(H,21,25)(H,22,23,26). The summed E-state index contributed by atoms with van der Waals surface area (Å²) in [6.07, 6.45) is 0.489. The Morgan fingerprint density at radius 3 is 2.54 bits per heavy atom. The molecule has 0 spiro atoms. The maximum absolute atomic E-state index is 12.1. The number of H-pyrrole nitrogens is 1. The molecule has 2 aromatic carbocycles. The number of para-hydroxylation sites is 1. The molecule has 1 heterocycles. The molecule has 132 valence electrons. The number of anilines is 2. The molecule has 3 rings (SSSR count). The number of rotatable bonds is 5. The zero-order valence-corrected chi connectivity index (χ0v) is 14.2. The lowest BCUT2D eigenvalue weighted by Gasteiger charge is -2.08. The van der Waals surface area contributed by atoms with Crippen LogP contribution < -0.4 is 16.2 Å².